The number of carbonyl (C=O) groups is 1. The van der Waals surface area contributed by atoms with E-state index >= 15 is 0 Å². The Kier molecular flexibility index (Phi) is 3.44. The molecule has 1 amide bonds. The fraction of sp³-hybridized carbons (Fsp3) is 0.533. The van der Waals surface area contributed by atoms with Crippen molar-refractivity contribution >= 4 is 11.6 Å². The molecule has 1 aromatic rings. The van der Waals surface area contributed by atoms with Crippen LogP contribution in [0.3, 0.4) is 0 Å². The van der Waals surface area contributed by atoms with E-state index in [1.165, 1.54) is 0 Å². The van der Waals surface area contributed by atoms with Crippen molar-refractivity contribution in [3.8, 4) is 0 Å². The number of rotatable bonds is 3. The summed E-state index contributed by atoms with van der Waals surface area (Å²) in [5, 5.41) is 13.1. The molecule has 1 aliphatic heterocycles. The molecular formula is C15H21NO2. The van der Waals surface area contributed by atoms with E-state index in [1.54, 1.807) is 0 Å². The van der Waals surface area contributed by atoms with E-state index in [2.05, 4.69) is 19.2 Å². The molecule has 18 heavy (non-hydrogen) atoms. The molecule has 3 heteroatoms. The highest BCUT2D eigenvalue weighted by Gasteiger charge is 2.28. The number of aryl methyl sites for hydroxylation is 1. The first-order valence-electron chi connectivity index (χ1n) is 6.53. The maximum Gasteiger partial charge on any atom is 0.231 e. The van der Waals surface area contributed by atoms with Crippen LogP contribution in [0.15, 0.2) is 12.1 Å². The average molecular weight is 247 g/mol. The zero-order valence-electron chi connectivity index (χ0n) is 11.4. The second kappa shape index (κ2) is 4.73. The lowest BCUT2D eigenvalue weighted by atomic mass is 9.93. The summed E-state index contributed by atoms with van der Waals surface area (Å²) in [6, 6.07) is 3.95. The second-order valence-corrected chi connectivity index (χ2v) is 5.66. The van der Waals surface area contributed by atoms with Gasteiger partial charge in [0.1, 0.15) is 0 Å². The number of amides is 1. The molecule has 0 fully saturated rings. The third-order valence-corrected chi connectivity index (χ3v) is 3.58. The summed E-state index contributed by atoms with van der Waals surface area (Å²) in [6.07, 6.45) is 0.297. The van der Waals surface area contributed by atoms with Crippen molar-refractivity contribution < 1.29 is 9.90 Å². The molecule has 2 rings (SSSR count). The van der Waals surface area contributed by atoms with Gasteiger partial charge in [0.25, 0.3) is 0 Å². The Labute approximate surface area is 108 Å². The van der Waals surface area contributed by atoms with Crippen LogP contribution in [0, 0.1) is 12.8 Å². The molecule has 0 bridgehead atoms. The molecule has 2 N–H and O–H groups in total. The standard InChI is InChI=1S/C15H21NO2/c1-8(2)5-13(17)11-6-9(3)14-12(7-11)10(4)15(18)16-14/h6-8,10,13,17H,5H2,1-4H3,(H,16,18). The molecule has 0 spiro atoms. The minimum Gasteiger partial charge on any atom is -0.388 e. The van der Waals surface area contributed by atoms with E-state index in [1.807, 2.05) is 26.0 Å². The van der Waals surface area contributed by atoms with Gasteiger partial charge in [-0.2, -0.15) is 0 Å². The molecule has 3 nitrogen and oxygen atoms in total. The molecule has 1 aliphatic rings. The highest BCUT2D eigenvalue weighted by atomic mass is 16.3. The van der Waals surface area contributed by atoms with E-state index in [-0.39, 0.29) is 11.8 Å². The molecule has 98 valence electrons. The average Bonchev–Trinajstić information content (AvgIpc) is 2.56. The van der Waals surface area contributed by atoms with E-state index in [9.17, 15) is 9.90 Å². The first-order chi connectivity index (χ1) is 8.40. The summed E-state index contributed by atoms with van der Waals surface area (Å²) in [7, 11) is 0. The third-order valence-electron chi connectivity index (χ3n) is 3.58. The van der Waals surface area contributed by atoms with E-state index < -0.39 is 6.10 Å². The fourth-order valence-electron chi connectivity index (χ4n) is 2.50. The molecule has 2 atom stereocenters. The molecule has 0 radical (unpaired) electrons. The fourth-order valence-corrected chi connectivity index (χ4v) is 2.50. The van der Waals surface area contributed by atoms with Crippen molar-refractivity contribution in [3.05, 3.63) is 28.8 Å². The lowest BCUT2D eigenvalue weighted by Gasteiger charge is -2.16. The summed E-state index contributed by atoms with van der Waals surface area (Å²) in [6.45, 7) is 8.07. The summed E-state index contributed by atoms with van der Waals surface area (Å²) in [5.41, 5.74) is 3.89. The number of aliphatic hydroxyl groups excluding tert-OH is 1. The van der Waals surface area contributed by atoms with Crippen LogP contribution < -0.4 is 5.32 Å². The van der Waals surface area contributed by atoms with Crippen molar-refractivity contribution in [1.29, 1.82) is 0 Å². The van der Waals surface area contributed by atoms with Crippen LogP contribution in [0.5, 0.6) is 0 Å². The Morgan fingerprint density at radius 1 is 1.39 bits per heavy atom. The van der Waals surface area contributed by atoms with Crippen LogP contribution >= 0.6 is 0 Å². The number of hydrogen-bond donors (Lipinski definition) is 2. The first kappa shape index (κ1) is 13.1. The van der Waals surface area contributed by atoms with Crippen molar-refractivity contribution in [2.24, 2.45) is 5.92 Å². The Morgan fingerprint density at radius 2 is 2.06 bits per heavy atom. The zero-order chi connectivity index (χ0) is 13.4. The largest absolute Gasteiger partial charge is 0.388 e. The number of aliphatic hydroxyl groups is 1. The predicted octanol–water partition coefficient (Wildman–Crippen LogP) is 3.13. The maximum absolute atomic E-state index is 11.7. The normalized spacial score (nSPS) is 19.9. The molecule has 0 saturated carbocycles. The van der Waals surface area contributed by atoms with Crippen LogP contribution in [0.2, 0.25) is 0 Å². The number of carbonyl (C=O) groups excluding carboxylic acids is 1. The van der Waals surface area contributed by atoms with Crippen LogP contribution in [0.1, 0.15) is 55.9 Å². The highest BCUT2D eigenvalue weighted by molar-refractivity contribution is 6.03. The molecule has 0 aliphatic carbocycles. The van der Waals surface area contributed by atoms with Crippen molar-refractivity contribution in [2.45, 2.75) is 46.1 Å². The Hall–Kier alpha value is -1.35. The van der Waals surface area contributed by atoms with Gasteiger partial charge >= 0.3 is 0 Å². The second-order valence-electron chi connectivity index (χ2n) is 5.66. The van der Waals surface area contributed by atoms with E-state index in [0.717, 1.165) is 28.8 Å². The lowest BCUT2D eigenvalue weighted by Crippen LogP contribution is -2.08. The molecular weight excluding hydrogens is 226 g/mol. The van der Waals surface area contributed by atoms with E-state index in [4.69, 9.17) is 0 Å². The van der Waals surface area contributed by atoms with Gasteiger partial charge in [0.05, 0.1) is 12.0 Å². The molecule has 0 saturated heterocycles. The van der Waals surface area contributed by atoms with Gasteiger partial charge in [0.15, 0.2) is 0 Å². The van der Waals surface area contributed by atoms with Gasteiger partial charge in [-0.3, -0.25) is 4.79 Å². The number of benzene rings is 1. The highest BCUT2D eigenvalue weighted by Crippen LogP contribution is 2.37. The van der Waals surface area contributed by atoms with Gasteiger partial charge in [-0.25, -0.2) is 0 Å². The van der Waals surface area contributed by atoms with Gasteiger partial charge in [-0.05, 0) is 42.9 Å². The third kappa shape index (κ3) is 2.27. The summed E-state index contributed by atoms with van der Waals surface area (Å²) in [5.74, 6) is 0.374. The Balaban J connectivity index is 2.36. The number of hydrogen-bond acceptors (Lipinski definition) is 2. The Bertz CT molecular complexity index is 480. The van der Waals surface area contributed by atoms with Crippen LogP contribution in [0.25, 0.3) is 0 Å². The monoisotopic (exact) mass is 247 g/mol. The minimum atomic E-state index is -0.447. The Morgan fingerprint density at radius 3 is 2.67 bits per heavy atom. The van der Waals surface area contributed by atoms with Gasteiger partial charge in [0.2, 0.25) is 5.91 Å². The quantitative estimate of drug-likeness (QED) is 0.862. The summed E-state index contributed by atoms with van der Waals surface area (Å²) >= 11 is 0. The van der Waals surface area contributed by atoms with E-state index in [0.29, 0.717) is 5.92 Å². The first-order valence-corrected chi connectivity index (χ1v) is 6.53. The lowest BCUT2D eigenvalue weighted by molar-refractivity contribution is -0.116. The molecule has 2 unspecified atom stereocenters. The number of anilines is 1. The summed E-state index contributed by atoms with van der Waals surface area (Å²) < 4.78 is 0. The molecule has 0 aromatic heterocycles. The number of fused-ring (bicyclic) bond motifs is 1. The summed E-state index contributed by atoms with van der Waals surface area (Å²) in [4.78, 5) is 11.7. The van der Waals surface area contributed by atoms with Crippen LogP contribution in [-0.2, 0) is 4.79 Å². The van der Waals surface area contributed by atoms with Crippen molar-refractivity contribution in [3.63, 3.8) is 0 Å². The van der Waals surface area contributed by atoms with Gasteiger partial charge in [0, 0.05) is 5.69 Å². The van der Waals surface area contributed by atoms with Crippen LogP contribution in [0.4, 0.5) is 5.69 Å². The van der Waals surface area contributed by atoms with Gasteiger partial charge < -0.3 is 10.4 Å². The maximum atomic E-state index is 11.7. The topological polar surface area (TPSA) is 49.3 Å². The van der Waals surface area contributed by atoms with Gasteiger partial charge in [-0.15, -0.1) is 0 Å². The van der Waals surface area contributed by atoms with Crippen molar-refractivity contribution in [1.82, 2.24) is 0 Å². The van der Waals surface area contributed by atoms with Crippen molar-refractivity contribution in [2.75, 3.05) is 5.32 Å². The zero-order valence-corrected chi connectivity index (χ0v) is 11.4. The minimum absolute atomic E-state index is 0.0450. The smallest absolute Gasteiger partial charge is 0.231 e. The molecule has 1 heterocycles. The van der Waals surface area contributed by atoms with Crippen LogP contribution in [-0.4, -0.2) is 11.0 Å². The predicted molar refractivity (Wildman–Crippen MR) is 72.6 cm³/mol. The number of nitrogens with one attached hydrogen (secondary N) is 1. The van der Waals surface area contributed by atoms with Gasteiger partial charge in [-0.1, -0.05) is 26.0 Å². The SMILES string of the molecule is Cc1cc(C(O)CC(C)C)cc2c1NC(=O)C2C. The molecule has 1 aromatic carbocycles.